The van der Waals surface area contributed by atoms with Crippen LogP contribution in [0.15, 0.2) is 17.1 Å². The number of piperidine rings is 1. The van der Waals surface area contributed by atoms with Crippen LogP contribution in [0.5, 0.6) is 0 Å². The number of likely N-dealkylation sites (tertiary alicyclic amines) is 1. The second-order valence-electron chi connectivity index (χ2n) is 5.19. The van der Waals surface area contributed by atoms with E-state index in [1.807, 2.05) is 7.05 Å². The zero-order valence-corrected chi connectivity index (χ0v) is 11.5. The van der Waals surface area contributed by atoms with E-state index in [9.17, 15) is 0 Å². The topological polar surface area (TPSA) is 39.7 Å². The van der Waals surface area contributed by atoms with Gasteiger partial charge in [-0.15, -0.1) is 0 Å². The first kappa shape index (κ1) is 13.4. The molecule has 18 heavy (non-hydrogen) atoms. The van der Waals surface area contributed by atoms with Crippen molar-refractivity contribution >= 4 is 5.96 Å². The third kappa shape index (κ3) is 4.33. The molecule has 1 fully saturated rings. The Morgan fingerprint density at radius 2 is 1.94 bits per heavy atom. The molecule has 1 heterocycles. The van der Waals surface area contributed by atoms with Gasteiger partial charge in [-0.05, 0) is 38.8 Å². The monoisotopic (exact) mass is 250 g/mol. The van der Waals surface area contributed by atoms with Gasteiger partial charge in [0.15, 0.2) is 5.96 Å². The maximum absolute atomic E-state index is 4.28. The highest BCUT2D eigenvalue weighted by molar-refractivity contribution is 5.80. The van der Waals surface area contributed by atoms with Gasteiger partial charge in [0.1, 0.15) is 0 Å². The fourth-order valence-electron chi connectivity index (χ4n) is 2.64. The molecule has 2 rings (SSSR count). The highest BCUT2D eigenvalue weighted by atomic mass is 15.2. The SMILES string of the molecule is CN=C(NCCN1CCCCC1)NC1CC=CC1. The second-order valence-corrected chi connectivity index (χ2v) is 5.19. The number of aliphatic imine (C=N–C) groups is 1. The van der Waals surface area contributed by atoms with Crippen molar-refractivity contribution in [2.75, 3.05) is 33.2 Å². The van der Waals surface area contributed by atoms with Gasteiger partial charge < -0.3 is 15.5 Å². The molecule has 0 aromatic rings. The summed E-state index contributed by atoms with van der Waals surface area (Å²) in [6.45, 7) is 4.64. The molecule has 0 atom stereocenters. The van der Waals surface area contributed by atoms with Crippen LogP contribution in [0.2, 0.25) is 0 Å². The summed E-state index contributed by atoms with van der Waals surface area (Å²) < 4.78 is 0. The summed E-state index contributed by atoms with van der Waals surface area (Å²) in [5.74, 6) is 0.945. The summed E-state index contributed by atoms with van der Waals surface area (Å²) in [7, 11) is 1.85. The van der Waals surface area contributed by atoms with E-state index in [2.05, 4.69) is 32.7 Å². The molecule has 1 saturated heterocycles. The van der Waals surface area contributed by atoms with Gasteiger partial charge in [-0.3, -0.25) is 4.99 Å². The third-order valence-electron chi connectivity index (χ3n) is 3.74. The molecule has 0 amide bonds. The van der Waals surface area contributed by atoms with E-state index in [0.29, 0.717) is 6.04 Å². The van der Waals surface area contributed by atoms with E-state index in [1.54, 1.807) is 0 Å². The largest absolute Gasteiger partial charge is 0.355 e. The van der Waals surface area contributed by atoms with Gasteiger partial charge in [-0.1, -0.05) is 18.6 Å². The van der Waals surface area contributed by atoms with Crippen molar-refractivity contribution in [2.24, 2.45) is 4.99 Å². The molecule has 0 saturated carbocycles. The maximum Gasteiger partial charge on any atom is 0.191 e. The lowest BCUT2D eigenvalue weighted by molar-refractivity contribution is 0.232. The minimum atomic E-state index is 0.534. The number of nitrogens with one attached hydrogen (secondary N) is 2. The standard InChI is InChI=1S/C14H26N4/c1-15-14(17-13-7-3-4-8-13)16-9-12-18-10-5-2-6-11-18/h3-4,13H,2,5-12H2,1H3,(H2,15,16,17). The molecular formula is C14H26N4. The Morgan fingerprint density at radius 1 is 1.22 bits per heavy atom. The van der Waals surface area contributed by atoms with E-state index in [0.717, 1.165) is 31.9 Å². The van der Waals surface area contributed by atoms with Crippen molar-refractivity contribution in [3.8, 4) is 0 Å². The number of guanidine groups is 1. The lowest BCUT2D eigenvalue weighted by Gasteiger charge is -2.27. The van der Waals surface area contributed by atoms with Gasteiger partial charge in [0.2, 0.25) is 0 Å². The highest BCUT2D eigenvalue weighted by Crippen LogP contribution is 2.09. The normalized spacial score (nSPS) is 22.4. The van der Waals surface area contributed by atoms with Gasteiger partial charge in [-0.25, -0.2) is 0 Å². The summed E-state index contributed by atoms with van der Waals surface area (Å²) in [4.78, 5) is 6.82. The molecule has 102 valence electrons. The lowest BCUT2D eigenvalue weighted by atomic mass is 10.1. The quantitative estimate of drug-likeness (QED) is 0.449. The molecule has 2 aliphatic rings. The minimum absolute atomic E-state index is 0.534. The highest BCUT2D eigenvalue weighted by Gasteiger charge is 2.12. The number of hydrogen-bond acceptors (Lipinski definition) is 2. The van der Waals surface area contributed by atoms with E-state index >= 15 is 0 Å². The lowest BCUT2D eigenvalue weighted by Crippen LogP contribution is -2.45. The molecule has 0 unspecified atom stereocenters. The summed E-state index contributed by atoms with van der Waals surface area (Å²) in [6, 6.07) is 0.534. The Kier molecular flexibility index (Phi) is 5.52. The molecule has 4 nitrogen and oxygen atoms in total. The third-order valence-corrected chi connectivity index (χ3v) is 3.74. The smallest absolute Gasteiger partial charge is 0.191 e. The van der Waals surface area contributed by atoms with Gasteiger partial charge in [0.05, 0.1) is 0 Å². The van der Waals surface area contributed by atoms with Crippen molar-refractivity contribution in [2.45, 2.75) is 38.1 Å². The Labute approximate surface area is 111 Å². The first-order valence-corrected chi connectivity index (χ1v) is 7.23. The molecule has 2 N–H and O–H groups in total. The predicted octanol–water partition coefficient (Wildman–Crippen LogP) is 1.36. The summed E-state index contributed by atoms with van der Waals surface area (Å²) >= 11 is 0. The van der Waals surface area contributed by atoms with Crippen LogP contribution in [-0.2, 0) is 0 Å². The molecule has 0 aromatic heterocycles. The Balaban J connectivity index is 1.61. The Bertz CT molecular complexity index is 284. The number of hydrogen-bond donors (Lipinski definition) is 2. The van der Waals surface area contributed by atoms with E-state index in [-0.39, 0.29) is 0 Å². The summed E-state index contributed by atoms with van der Waals surface area (Å²) in [5.41, 5.74) is 0. The van der Waals surface area contributed by atoms with Crippen LogP contribution in [0.4, 0.5) is 0 Å². The van der Waals surface area contributed by atoms with Crippen LogP contribution in [-0.4, -0.2) is 50.1 Å². The summed E-state index contributed by atoms with van der Waals surface area (Å²) in [5, 5.41) is 6.87. The average Bonchev–Trinajstić information content (AvgIpc) is 2.92. The molecule has 1 aliphatic heterocycles. The fourth-order valence-corrected chi connectivity index (χ4v) is 2.64. The van der Waals surface area contributed by atoms with Crippen molar-refractivity contribution in [3.63, 3.8) is 0 Å². The first-order valence-electron chi connectivity index (χ1n) is 7.23. The average molecular weight is 250 g/mol. The number of nitrogens with zero attached hydrogens (tertiary/aromatic N) is 2. The van der Waals surface area contributed by atoms with Gasteiger partial charge in [0.25, 0.3) is 0 Å². The van der Waals surface area contributed by atoms with Crippen molar-refractivity contribution in [1.82, 2.24) is 15.5 Å². The Hall–Kier alpha value is -1.03. The van der Waals surface area contributed by atoms with Crippen LogP contribution in [0.3, 0.4) is 0 Å². The Morgan fingerprint density at radius 3 is 2.61 bits per heavy atom. The van der Waals surface area contributed by atoms with Crippen LogP contribution in [0.25, 0.3) is 0 Å². The molecule has 1 aliphatic carbocycles. The van der Waals surface area contributed by atoms with E-state index < -0.39 is 0 Å². The first-order chi connectivity index (χ1) is 8.88. The van der Waals surface area contributed by atoms with Gasteiger partial charge in [0, 0.05) is 26.2 Å². The van der Waals surface area contributed by atoms with Gasteiger partial charge in [-0.2, -0.15) is 0 Å². The van der Waals surface area contributed by atoms with Crippen LogP contribution < -0.4 is 10.6 Å². The molecule has 4 heteroatoms. The predicted molar refractivity (Wildman–Crippen MR) is 77.0 cm³/mol. The van der Waals surface area contributed by atoms with Crippen LogP contribution >= 0.6 is 0 Å². The van der Waals surface area contributed by atoms with Crippen molar-refractivity contribution in [3.05, 3.63) is 12.2 Å². The maximum atomic E-state index is 4.28. The minimum Gasteiger partial charge on any atom is -0.355 e. The zero-order chi connectivity index (χ0) is 12.6. The molecule has 0 spiro atoms. The fraction of sp³-hybridized carbons (Fsp3) is 0.786. The van der Waals surface area contributed by atoms with E-state index in [1.165, 1.54) is 32.4 Å². The number of rotatable bonds is 4. The molecule has 0 radical (unpaired) electrons. The van der Waals surface area contributed by atoms with Gasteiger partial charge >= 0.3 is 0 Å². The molecule has 0 bridgehead atoms. The van der Waals surface area contributed by atoms with Crippen molar-refractivity contribution < 1.29 is 0 Å². The molecule has 0 aromatic carbocycles. The van der Waals surface area contributed by atoms with Crippen molar-refractivity contribution in [1.29, 1.82) is 0 Å². The zero-order valence-electron chi connectivity index (χ0n) is 11.5. The molecular weight excluding hydrogens is 224 g/mol. The van der Waals surface area contributed by atoms with Crippen LogP contribution in [0.1, 0.15) is 32.1 Å². The van der Waals surface area contributed by atoms with E-state index in [4.69, 9.17) is 0 Å². The second kappa shape index (κ2) is 7.41. The van der Waals surface area contributed by atoms with Crippen LogP contribution in [0, 0.1) is 0 Å². The summed E-state index contributed by atoms with van der Waals surface area (Å²) in [6.07, 6.45) is 10.8.